The fourth-order valence-corrected chi connectivity index (χ4v) is 5.44. The molecule has 0 bridgehead atoms. The second-order valence-electron chi connectivity index (χ2n) is 8.09. The number of carbonyl (C=O) groups is 1. The summed E-state index contributed by atoms with van der Waals surface area (Å²) in [6.07, 6.45) is 2.38. The molecule has 0 aliphatic carbocycles. The van der Waals surface area contributed by atoms with Crippen molar-refractivity contribution in [1.29, 1.82) is 0 Å². The van der Waals surface area contributed by atoms with Gasteiger partial charge in [0.15, 0.2) is 0 Å². The number of anilines is 3. The molecule has 0 radical (unpaired) electrons. The van der Waals surface area contributed by atoms with Crippen LogP contribution in [0, 0.1) is 6.92 Å². The Hall–Kier alpha value is -3.03. The van der Waals surface area contributed by atoms with E-state index >= 15 is 0 Å². The Morgan fingerprint density at radius 1 is 1.00 bits per heavy atom. The zero-order chi connectivity index (χ0) is 23.4. The number of rotatable bonds is 7. The lowest BCUT2D eigenvalue weighted by atomic mass is 10.2. The van der Waals surface area contributed by atoms with Gasteiger partial charge in [-0.05, 0) is 74.4 Å². The fraction of sp³-hybridized carbons (Fsp3) is 0.240. The molecule has 1 saturated heterocycles. The van der Waals surface area contributed by atoms with Gasteiger partial charge < -0.3 is 10.2 Å². The van der Waals surface area contributed by atoms with Crippen LogP contribution in [0.15, 0.2) is 77.7 Å². The van der Waals surface area contributed by atoms with Gasteiger partial charge in [0.05, 0.1) is 10.6 Å². The molecule has 0 spiro atoms. The third kappa shape index (κ3) is 5.49. The van der Waals surface area contributed by atoms with E-state index in [9.17, 15) is 13.2 Å². The molecule has 0 unspecified atom stereocenters. The summed E-state index contributed by atoms with van der Waals surface area (Å²) < 4.78 is 27.9. The first kappa shape index (κ1) is 23.1. The number of carbonyl (C=O) groups excluding carboxylic acids is 1. The van der Waals surface area contributed by atoms with E-state index in [0.717, 1.165) is 28.6 Å². The molecule has 8 heteroatoms. The summed E-state index contributed by atoms with van der Waals surface area (Å²) in [4.78, 5) is 15.3. The lowest BCUT2D eigenvalue weighted by molar-refractivity contribution is -0.114. The number of nitrogens with one attached hydrogen (secondary N) is 1. The monoisotopic (exact) mass is 483 g/mol. The van der Waals surface area contributed by atoms with Crippen LogP contribution in [0.2, 0.25) is 5.02 Å². The normalized spacial score (nSPS) is 13.7. The molecule has 4 rings (SSSR count). The van der Waals surface area contributed by atoms with Crippen molar-refractivity contribution >= 4 is 44.6 Å². The van der Waals surface area contributed by atoms with Crippen LogP contribution in [0.4, 0.5) is 17.1 Å². The highest BCUT2D eigenvalue weighted by atomic mass is 35.5. The van der Waals surface area contributed by atoms with Crippen LogP contribution in [0.5, 0.6) is 0 Å². The van der Waals surface area contributed by atoms with Gasteiger partial charge in [0.2, 0.25) is 5.91 Å². The minimum absolute atomic E-state index is 0.107. The second kappa shape index (κ2) is 9.85. The number of halogens is 1. The molecule has 0 atom stereocenters. The SMILES string of the molecule is Cc1ccc(S(=O)(=O)N(CC(=O)Nc2ccc(N3CCCC3)cc2)c2cccc(Cl)c2)cc1. The van der Waals surface area contributed by atoms with Crippen molar-refractivity contribution in [3.8, 4) is 0 Å². The standard InChI is InChI=1S/C25H26ClN3O3S/c1-19-7-13-24(14-8-19)33(31,32)29(23-6-4-5-20(26)17-23)18-25(30)27-21-9-11-22(12-10-21)28-15-2-3-16-28/h4-14,17H,2-3,15-16,18H2,1H3,(H,27,30). The van der Waals surface area contributed by atoms with Crippen molar-refractivity contribution in [3.05, 3.63) is 83.4 Å². The van der Waals surface area contributed by atoms with Gasteiger partial charge in [0.1, 0.15) is 6.54 Å². The maximum atomic E-state index is 13.4. The highest BCUT2D eigenvalue weighted by Crippen LogP contribution is 2.27. The summed E-state index contributed by atoms with van der Waals surface area (Å²) in [5.41, 5.74) is 3.00. The lowest BCUT2D eigenvalue weighted by Crippen LogP contribution is -2.38. The van der Waals surface area contributed by atoms with Gasteiger partial charge in [-0.15, -0.1) is 0 Å². The van der Waals surface area contributed by atoms with E-state index in [0.29, 0.717) is 16.4 Å². The number of sulfonamides is 1. The topological polar surface area (TPSA) is 69.7 Å². The quantitative estimate of drug-likeness (QED) is 0.508. The lowest BCUT2D eigenvalue weighted by Gasteiger charge is -2.24. The predicted octanol–water partition coefficient (Wildman–Crippen LogP) is 5.08. The Bertz CT molecular complexity index is 1220. The molecule has 1 aliphatic rings. The molecule has 3 aromatic carbocycles. The van der Waals surface area contributed by atoms with Crippen molar-refractivity contribution in [2.75, 3.05) is 34.2 Å². The van der Waals surface area contributed by atoms with Gasteiger partial charge >= 0.3 is 0 Å². The molecule has 1 amide bonds. The first-order chi connectivity index (χ1) is 15.8. The van der Waals surface area contributed by atoms with Gasteiger partial charge in [-0.25, -0.2) is 8.42 Å². The van der Waals surface area contributed by atoms with Crippen LogP contribution >= 0.6 is 11.6 Å². The summed E-state index contributed by atoms with van der Waals surface area (Å²) in [5, 5.41) is 3.19. The smallest absolute Gasteiger partial charge is 0.264 e. The van der Waals surface area contributed by atoms with E-state index in [1.165, 1.54) is 31.0 Å². The molecule has 1 fully saturated rings. The average Bonchev–Trinajstić information content (AvgIpc) is 3.33. The van der Waals surface area contributed by atoms with Crippen LogP contribution in [-0.4, -0.2) is 34.0 Å². The Morgan fingerprint density at radius 2 is 1.67 bits per heavy atom. The molecule has 0 saturated carbocycles. The van der Waals surface area contributed by atoms with E-state index in [4.69, 9.17) is 11.6 Å². The molecule has 6 nitrogen and oxygen atoms in total. The van der Waals surface area contributed by atoms with Crippen LogP contribution < -0.4 is 14.5 Å². The molecule has 1 N–H and O–H groups in total. The van der Waals surface area contributed by atoms with Crippen molar-refractivity contribution in [2.24, 2.45) is 0 Å². The van der Waals surface area contributed by atoms with Crippen molar-refractivity contribution < 1.29 is 13.2 Å². The molecule has 0 aromatic heterocycles. The first-order valence-electron chi connectivity index (χ1n) is 10.8. The minimum atomic E-state index is -3.99. The third-order valence-corrected chi connectivity index (χ3v) is 7.64. The van der Waals surface area contributed by atoms with E-state index < -0.39 is 15.9 Å². The molecule has 172 valence electrons. The van der Waals surface area contributed by atoms with Crippen LogP contribution in [0.3, 0.4) is 0 Å². The Kier molecular flexibility index (Phi) is 6.91. The Morgan fingerprint density at radius 3 is 2.30 bits per heavy atom. The van der Waals surface area contributed by atoms with Gasteiger partial charge in [0, 0.05) is 29.5 Å². The summed E-state index contributed by atoms with van der Waals surface area (Å²) in [6, 6.07) is 20.6. The Labute approximate surface area is 199 Å². The maximum absolute atomic E-state index is 13.4. The highest BCUT2D eigenvalue weighted by Gasteiger charge is 2.27. The van der Waals surface area contributed by atoms with Crippen molar-refractivity contribution in [3.63, 3.8) is 0 Å². The average molecular weight is 484 g/mol. The second-order valence-corrected chi connectivity index (χ2v) is 10.4. The molecular weight excluding hydrogens is 458 g/mol. The predicted molar refractivity (Wildman–Crippen MR) is 134 cm³/mol. The minimum Gasteiger partial charge on any atom is -0.372 e. The van der Waals surface area contributed by atoms with E-state index in [1.807, 2.05) is 31.2 Å². The molecule has 1 heterocycles. The molecule has 1 aliphatic heterocycles. The molecular formula is C25H26ClN3O3S. The third-order valence-electron chi connectivity index (χ3n) is 5.61. The van der Waals surface area contributed by atoms with Crippen molar-refractivity contribution in [1.82, 2.24) is 0 Å². The largest absolute Gasteiger partial charge is 0.372 e. The van der Waals surface area contributed by atoms with Gasteiger partial charge in [0.25, 0.3) is 10.0 Å². The van der Waals surface area contributed by atoms with E-state index in [-0.39, 0.29) is 11.4 Å². The van der Waals surface area contributed by atoms with Crippen LogP contribution in [0.1, 0.15) is 18.4 Å². The zero-order valence-electron chi connectivity index (χ0n) is 18.4. The number of hydrogen-bond acceptors (Lipinski definition) is 4. The number of benzene rings is 3. The summed E-state index contributed by atoms with van der Waals surface area (Å²) in [5.74, 6) is -0.445. The van der Waals surface area contributed by atoms with E-state index in [2.05, 4.69) is 10.2 Å². The highest BCUT2D eigenvalue weighted by molar-refractivity contribution is 7.92. The van der Waals surface area contributed by atoms with Gasteiger partial charge in [-0.3, -0.25) is 9.10 Å². The number of amides is 1. The van der Waals surface area contributed by atoms with Crippen molar-refractivity contribution in [2.45, 2.75) is 24.7 Å². The zero-order valence-corrected chi connectivity index (χ0v) is 19.9. The summed E-state index contributed by atoms with van der Waals surface area (Å²) in [6.45, 7) is 3.58. The molecule has 33 heavy (non-hydrogen) atoms. The molecule has 3 aromatic rings. The maximum Gasteiger partial charge on any atom is 0.264 e. The summed E-state index contributed by atoms with van der Waals surface area (Å²) >= 11 is 6.11. The van der Waals surface area contributed by atoms with Gasteiger partial charge in [-0.1, -0.05) is 35.4 Å². The number of nitrogens with zero attached hydrogens (tertiary/aromatic N) is 2. The fourth-order valence-electron chi connectivity index (χ4n) is 3.85. The van der Waals surface area contributed by atoms with E-state index in [1.54, 1.807) is 30.3 Å². The number of aryl methyl sites for hydroxylation is 1. The van der Waals surface area contributed by atoms with Gasteiger partial charge in [-0.2, -0.15) is 0 Å². The Balaban J connectivity index is 1.56. The van der Waals surface area contributed by atoms with Crippen LogP contribution in [0.25, 0.3) is 0 Å². The number of hydrogen-bond donors (Lipinski definition) is 1. The first-order valence-corrected chi connectivity index (χ1v) is 12.6. The van der Waals surface area contributed by atoms with Crippen LogP contribution in [-0.2, 0) is 14.8 Å². The summed E-state index contributed by atoms with van der Waals surface area (Å²) in [7, 11) is -3.99.